The van der Waals surface area contributed by atoms with Crippen molar-refractivity contribution in [2.45, 2.75) is 25.3 Å². The summed E-state index contributed by atoms with van der Waals surface area (Å²) in [6.07, 6.45) is -1.86. The lowest BCUT2D eigenvalue weighted by atomic mass is 10.2. The van der Waals surface area contributed by atoms with Crippen LogP contribution < -0.4 is 0 Å². The molecule has 8 heteroatoms. The Morgan fingerprint density at radius 3 is 2.61 bits per heavy atom. The summed E-state index contributed by atoms with van der Waals surface area (Å²) < 4.78 is 24.6. The summed E-state index contributed by atoms with van der Waals surface area (Å²) in [5.74, 6) is -1.14. The number of carboxylic acids is 1. The van der Waals surface area contributed by atoms with E-state index in [9.17, 15) is 18.4 Å². The standard InChI is InChI=1S/C10H16F2N2O4/c11-8(12)6-13(4-5-15)10(18)14-3-1-2-7(14)9(16)17/h7-8,15H,1-6H2,(H,16,17)/t7-/m0/s1. The Morgan fingerprint density at radius 2 is 2.11 bits per heavy atom. The smallest absolute Gasteiger partial charge is 0.326 e. The molecule has 0 radical (unpaired) electrons. The topological polar surface area (TPSA) is 81.1 Å². The summed E-state index contributed by atoms with van der Waals surface area (Å²) in [6, 6.07) is -1.72. The molecular formula is C10H16F2N2O4. The Balaban J connectivity index is 2.72. The molecule has 1 atom stereocenters. The van der Waals surface area contributed by atoms with Crippen LogP contribution in [-0.4, -0.2) is 70.7 Å². The quantitative estimate of drug-likeness (QED) is 0.745. The molecule has 0 aromatic heterocycles. The molecule has 1 fully saturated rings. The van der Waals surface area contributed by atoms with Gasteiger partial charge >= 0.3 is 12.0 Å². The fourth-order valence-electron chi connectivity index (χ4n) is 1.99. The van der Waals surface area contributed by atoms with Gasteiger partial charge in [-0.05, 0) is 12.8 Å². The normalized spacial score (nSPS) is 19.3. The molecular weight excluding hydrogens is 250 g/mol. The van der Waals surface area contributed by atoms with E-state index in [1.54, 1.807) is 0 Å². The number of hydrogen-bond donors (Lipinski definition) is 2. The minimum absolute atomic E-state index is 0.230. The number of carbonyl (C=O) groups is 2. The number of aliphatic carboxylic acids is 1. The lowest BCUT2D eigenvalue weighted by Gasteiger charge is -2.29. The maximum atomic E-state index is 12.3. The summed E-state index contributed by atoms with van der Waals surface area (Å²) in [7, 11) is 0. The number of alkyl halides is 2. The molecule has 0 saturated carbocycles. The van der Waals surface area contributed by atoms with Crippen LogP contribution in [0.3, 0.4) is 0 Å². The molecule has 0 aromatic rings. The van der Waals surface area contributed by atoms with Gasteiger partial charge in [-0.15, -0.1) is 0 Å². The number of carbonyl (C=O) groups excluding carboxylic acids is 1. The highest BCUT2D eigenvalue weighted by atomic mass is 19.3. The molecule has 1 heterocycles. The van der Waals surface area contributed by atoms with Crippen LogP contribution in [0.2, 0.25) is 0 Å². The predicted molar refractivity (Wildman–Crippen MR) is 57.4 cm³/mol. The lowest BCUT2D eigenvalue weighted by molar-refractivity contribution is -0.141. The van der Waals surface area contributed by atoms with Gasteiger partial charge < -0.3 is 20.0 Å². The summed E-state index contributed by atoms with van der Waals surface area (Å²) >= 11 is 0. The zero-order valence-corrected chi connectivity index (χ0v) is 9.76. The van der Waals surface area contributed by atoms with Gasteiger partial charge in [-0.3, -0.25) is 0 Å². The van der Waals surface area contributed by atoms with E-state index in [-0.39, 0.29) is 13.1 Å². The van der Waals surface area contributed by atoms with E-state index < -0.39 is 37.6 Å². The molecule has 0 aliphatic carbocycles. The first kappa shape index (κ1) is 14.6. The third-order valence-electron chi connectivity index (χ3n) is 2.78. The lowest BCUT2D eigenvalue weighted by Crippen LogP contribution is -2.50. The van der Waals surface area contributed by atoms with Gasteiger partial charge in [-0.1, -0.05) is 0 Å². The molecule has 0 unspecified atom stereocenters. The Morgan fingerprint density at radius 1 is 1.44 bits per heavy atom. The van der Waals surface area contributed by atoms with E-state index in [1.165, 1.54) is 0 Å². The van der Waals surface area contributed by atoms with Crippen LogP contribution in [0.25, 0.3) is 0 Å². The summed E-state index contributed by atoms with van der Waals surface area (Å²) in [6.45, 7) is -1.24. The van der Waals surface area contributed by atoms with Crippen LogP contribution in [0.1, 0.15) is 12.8 Å². The first-order chi connectivity index (χ1) is 8.47. The number of urea groups is 1. The van der Waals surface area contributed by atoms with Gasteiger partial charge in [-0.25, -0.2) is 18.4 Å². The van der Waals surface area contributed by atoms with Gasteiger partial charge in [-0.2, -0.15) is 0 Å². The SMILES string of the molecule is O=C(O)[C@@H]1CCCN1C(=O)N(CCO)CC(F)F. The summed E-state index contributed by atoms with van der Waals surface area (Å²) in [4.78, 5) is 24.7. The third kappa shape index (κ3) is 3.52. The van der Waals surface area contributed by atoms with E-state index in [0.717, 1.165) is 9.80 Å². The zero-order valence-electron chi connectivity index (χ0n) is 9.76. The second-order valence-electron chi connectivity index (χ2n) is 4.03. The van der Waals surface area contributed by atoms with Crippen molar-refractivity contribution < 1.29 is 28.6 Å². The molecule has 0 bridgehead atoms. The molecule has 1 saturated heterocycles. The minimum atomic E-state index is -2.72. The van der Waals surface area contributed by atoms with Gasteiger partial charge in [0.2, 0.25) is 0 Å². The number of amides is 2. The van der Waals surface area contributed by atoms with E-state index >= 15 is 0 Å². The number of hydrogen-bond acceptors (Lipinski definition) is 3. The van der Waals surface area contributed by atoms with Crippen molar-refractivity contribution >= 4 is 12.0 Å². The first-order valence-corrected chi connectivity index (χ1v) is 5.64. The molecule has 0 spiro atoms. The molecule has 2 N–H and O–H groups in total. The van der Waals surface area contributed by atoms with E-state index in [0.29, 0.717) is 12.8 Å². The Bertz CT molecular complexity index is 314. The van der Waals surface area contributed by atoms with Crippen molar-refractivity contribution in [3.8, 4) is 0 Å². The van der Waals surface area contributed by atoms with Crippen LogP contribution in [0, 0.1) is 0 Å². The number of rotatable bonds is 5. The van der Waals surface area contributed by atoms with Crippen LogP contribution in [0.4, 0.5) is 13.6 Å². The maximum Gasteiger partial charge on any atom is 0.326 e. The van der Waals surface area contributed by atoms with E-state index in [4.69, 9.17) is 10.2 Å². The molecule has 18 heavy (non-hydrogen) atoms. The largest absolute Gasteiger partial charge is 0.480 e. The number of halogens is 2. The molecule has 104 valence electrons. The number of aliphatic hydroxyl groups excluding tert-OH is 1. The van der Waals surface area contributed by atoms with Gasteiger partial charge in [0.05, 0.1) is 13.2 Å². The summed E-state index contributed by atoms with van der Waals surface area (Å²) in [5, 5.41) is 17.7. The highest BCUT2D eigenvalue weighted by Crippen LogP contribution is 2.19. The van der Waals surface area contributed by atoms with Crippen molar-refractivity contribution in [3.05, 3.63) is 0 Å². The number of aliphatic hydroxyl groups is 1. The Labute approximate surface area is 103 Å². The Kier molecular flexibility index (Phi) is 5.26. The first-order valence-electron chi connectivity index (χ1n) is 5.64. The minimum Gasteiger partial charge on any atom is -0.480 e. The van der Waals surface area contributed by atoms with Crippen LogP contribution in [-0.2, 0) is 4.79 Å². The molecule has 1 aliphatic heterocycles. The molecule has 2 amide bonds. The highest BCUT2D eigenvalue weighted by molar-refractivity contribution is 5.83. The van der Waals surface area contributed by atoms with Crippen molar-refractivity contribution in [1.29, 1.82) is 0 Å². The fraction of sp³-hybridized carbons (Fsp3) is 0.800. The highest BCUT2D eigenvalue weighted by Gasteiger charge is 2.36. The van der Waals surface area contributed by atoms with Crippen LogP contribution in [0.15, 0.2) is 0 Å². The van der Waals surface area contributed by atoms with Gasteiger partial charge in [0.1, 0.15) is 6.04 Å². The maximum absolute atomic E-state index is 12.3. The van der Waals surface area contributed by atoms with Gasteiger partial charge in [0, 0.05) is 13.1 Å². The van der Waals surface area contributed by atoms with Crippen molar-refractivity contribution in [2.24, 2.45) is 0 Å². The monoisotopic (exact) mass is 266 g/mol. The second-order valence-corrected chi connectivity index (χ2v) is 4.03. The molecule has 1 rings (SSSR count). The molecule has 0 aromatic carbocycles. The average molecular weight is 266 g/mol. The average Bonchev–Trinajstić information content (AvgIpc) is 2.75. The van der Waals surface area contributed by atoms with Crippen molar-refractivity contribution in [1.82, 2.24) is 9.80 Å². The van der Waals surface area contributed by atoms with Crippen molar-refractivity contribution in [2.75, 3.05) is 26.2 Å². The second kappa shape index (κ2) is 6.48. The molecule has 6 nitrogen and oxygen atoms in total. The van der Waals surface area contributed by atoms with Crippen LogP contribution in [0.5, 0.6) is 0 Å². The summed E-state index contributed by atoms with van der Waals surface area (Å²) in [5.41, 5.74) is 0. The number of nitrogens with zero attached hydrogens (tertiary/aromatic N) is 2. The molecule has 1 aliphatic rings. The fourth-order valence-corrected chi connectivity index (χ4v) is 1.99. The number of carboxylic acid groups (broad SMARTS) is 1. The Hall–Kier alpha value is -1.44. The van der Waals surface area contributed by atoms with Crippen molar-refractivity contribution in [3.63, 3.8) is 0 Å². The van der Waals surface area contributed by atoms with Gasteiger partial charge in [0.25, 0.3) is 6.43 Å². The zero-order chi connectivity index (χ0) is 13.7. The number of likely N-dealkylation sites (tertiary alicyclic amines) is 1. The van der Waals surface area contributed by atoms with E-state index in [2.05, 4.69) is 0 Å². The van der Waals surface area contributed by atoms with E-state index in [1.807, 2.05) is 0 Å². The van der Waals surface area contributed by atoms with Gasteiger partial charge in [0.15, 0.2) is 0 Å². The van der Waals surface area contributed by atoms with Crippen LogP contribution >= 0.6 is 0 Å². The predicted octanol–water partition coefficient (Wildman–Crippen LogP) is 0.215. The third-order valence-corrected chi connectivity index (χ3v) is 2.78.